The second-order valence-electron chi connectivity index (χ2n) is 6.03. The summed E-state index contributed by atoms with van der Waals surface area (Å²) in [5.41, 5.74) is 0.526. The molecule has 0 aromatic rings. The molecule has 1 aliphatic carbocycles. The minimum absolute atomic E-state index is 0.526. The Morgan fingerprint density at radius 2 is 1.80 bits per heavy atom. The maximum absolute atomic E-state index is 3.62. The Hall–Kier alpha value is -0.0400. The molecule has 1 nitrogen and oxygen atoms in total. The molecule has 0 unspecified atom stereocenters. The Bertz CT molecular complexity index is 166. The van der Waals surface area contributed by atoms with Crippen molar-refractivity contribution in [2.75, 3.05) is 6.54 Å². The zero-order valence-electron chi connectivity index (χ0n) is 11.1. The SMILES string of the molecule is CCC(CC)CC(C)(C)CCNC1CC1. The van der Waals surface area contributed by atoms with Crippen LogP contribution in [-0.2, 0) is 0 Å². The lowest BCUT2D eigenvalue weighted by Crippen LogP contribution is -2.25. The fourth-order valence-corrected chi connectivity index (χ4v) is 2.36. The van der Waals surface area contributed by atoms with E-state index in [4.69, 9.17) is 0 Å². The van der Waals surface area contributed by atoms with Crippen LogP contribution >= 0.6 is 0 Å². The molecule has 0 aliphatic heterocycles. The first-order valence-electron chi connectivity index (χ1n) is 6.80. The average molecular weight is 211 g/mol. The molecule has 0 saturated heterocycles. The normalized spacial score (nSPS) is 17.4. The first-order valence-corrected chi connectivity index (χ1v) is 6.80. The summed E-state index contributed by atoms with van der Waals surface area (Å²) in [5.74, 6) is 0.931. The molecular formula is C14H29N. The third kappa shape index (κ3) is 5.55. The molecule has 1 heteroatoms. The Kier molecular flexibility index (Phi) is 5.11. The second kappa shape index (κ2) is 5.89. The van der Waals surface area contributed by atoms with E-state index in [9.17, 15) is 0 Å². The molecular weight excluding hydrogens is 182 g/mol. The quantitative estimate of drug-likeness (QED) is 0.640. The molecule has 0 radical (unpaired) electrons. The van der Waals surface area contributed by atoms with Crippen LogP contribution in [0.15, 0.2) is 0 Å². The van der Waals surface area contributed by atoms with Gasteiger partial charge in [0.2, 0.25) is 0 Å². The second-order valence-corrected chi connectivity index (χ2v) is 6.03. The molecule has 0 aromatic carbocycles. The van der Waals surface area contributed by atoms with E-state index >= 15 is 0 Å². The molecule has 0 spiro atoms. The summed E-state index contributed by atoms with van der Waals surface area (Å²) < 4.78 is 0. The van der Waals surface area contributed by atoms with Gasteiger partial charge in [-0.1, -0.05) is 40.5 Å². The van der Waals surface area contributed by atoms with Crippen LogP contribution in [0.3, 0.4) is 0 Å². The minimum atomic E-state index is 0.526. The summed E-state index contributed by atoms with van der Waals surface area (Å²) in [5, 5.41) is 3.62. The van der Waals surface area contributed by atoms with E-state index in [1.165, 1.54) is 45.1 Å². The molecule has 0 heterocycles. The number of hydrogen-bond acceptors (Lipinski definition) is 1. The van der Waals surface area contributed by atoms with Gasteiger partial charge in [0.05, 0.1) is 0 Å². The van der Waals surface area contributed by atoms with E-state index in [2.05, 4.69) is 33.0 Å². The van der Waals surface area contributed by atoms with Crippen LogP contribution in [0.2, 0.25) is 0 Å². The smallest absolute Gasteiger partial charge is 0.00682 e. The summed E-state index contributed by atoms with van der Waals surface area (Å²) >= 11 is 0. The van der Waals surface area contributed by atoms with E-state index in [1.54, 1.807) is 0 Å². The van der Waals surface area contributed by atoms with Crippen molar-refractivity contribution in [3.8, 4) is 0 Å². The maximum atomic E-state index is 3.62. The average Bonchev–Trinajstić information content (AvgIpc) is 2.98. The van der Waals surface area contributed by atoms with Gasteiger partial charge in [-0.15, -0.1) is 0 Å². The van der Waals surface area contributed by atoms with Crippen molar-refractivity contribution in [1.29, 1.82) is 0 Å². The summed E-state index contributed by atoms with van der Waals surface area (Å²) in [6, 6.07) is 0.869. The van der Waals surface area contributed by atoms with Crippen LogP contribution < -0.4 is 5.32 Å². The predicted molar refractivity (Wildman–Crippen MR) is 68.1 cm³/mol. The molecule has 90 valence electrons. The third-order valence-electron chi connectivity index (χ3n) is 3.81. The fourth-order valence-electron chi connectivity index (χ4n) is 2.36. The van der Waals surface area contributed by atoms with E-state index < -0.39 is 0 Å². The summed E-state index contributed by atoms with van der Waals surface area (Å²) in [6.45, 7) is 10.7. The molecule has 1 saturated carbocycles. The van der Waals surface area contributed by atoms with Crippen molar-refractivity contribution in [1.82, 2.24) is 5.32 Å². The van der Waals surface area contributed by atoms with Crippen LogP contribution in [0, 0.1) is 11.3 Å². The highest BCUT2D eigenvalue weighted by atomic mass is 14.9. The topological polar surface area (TPSA) is 12.0 Å². The Balaban J connectivity index is 2.16. The van der Waals surface area contributed by atoms with Crippen LogP contribution in [0.4, 0.5) is 0 Å². The van der Waals surface area contributed by atoms with Gasteiger partial charge in [-0.3, -0.25) is 0 Å². The van der Waals surface area contributed by atoms with Crippen LogP contribution in [0.25, 0.3) is 0 Å². The Morgan fingerprint density at radius 3 is 2.27 bits per heavy atom. The van der Waals surface area contributed by atoms with Gasteiger partial charge in [-0.05, 0) is 43.6 Å². The van der Waals surface area contributed by atoms with Crippen LogP contribution in [0.1, 0.15) is 66.2 Å². The molecule has 0 aromatic heterocycles. The van der Waals surface area contributed by atoms with E-state index in [0.717, 1.165) is 12.0 Å². The first-order chi connectivity index (χ1) is 7.07. The molecule has 1 fully saturated rings. The molecule has 1 N–H and O–H groups in total. The number of hydrogen-bond donors (Lipinski definition) is 1. The van der Waals surface area contributed by atoms with Crippen LogP contribution in [-0.4, -0.2) is 12.6 Å². The largest absolute Gasteiger partial charge is 0.314 e. The zero-order chi connectivity index (χ0) is 11.3. The van der Waals surface area contributed by atoms with Crippen molar-refractivity contribution in [2.24, 2.45) is 11.3 Å². The maximum Gasteiger partial charge on any atom is 0.00682 e. The summed E-state index contributed by atoms with van der Waals surface area (Å²) in [4.78, 5) is 0. The zero-order valence-corrected chi connectivity index (χ0v) is 11.1. The van der Waals surface area contributed by atoms with Crippen molar-refractivity contribution in [2.45, 2.75) is 72.3 Å². The lowest BCUT2D eigenvalue weighted by atomic mass is 9.78. The van der Waals surface area contributed by atoms with E-state index in [0.29, 0.717) is 5.41 Å². The van der Waals surface area contributed by atoms with Crippen LogP contribution in [0.5, 0.6) is 0 Å². The van der Waals surface area contributed by atoms with Gasteiger partial charge in [0.15, 0.2) is 0 Å². The van der Waals surface area contributed by atoms with Gasteiger partial charge in [-0.2, -0.15) is 0 Å². The third-order valence-corrected chi connectivity index (χ3v) is 3.81. The van der Waals surface area contributed by atoms with Crippen molar-refractivity contribution >= 4 is 0 Å². The highest BCUT2D eigenvalue weighted by Crippen LogP contribution is 2.32. The van der Waals surface area contributed by atoms with E-state index in [1.807, 2.05) is 0 Å². The predicted octanol–water partition coefficient (Wildman–Crippen LogP) is 3.98. The lowest BCUT2D eigenvalue weighted by Gasteiger charge is -2.29. The standard InChI is InChI=1S/C14H29N/c1-5-12(6-2)11-14(3,4)9-10-15-13-7-8-13/h12-13,15H,5-11H2,1-4H3. The van der Waals surface area contributed by atoms with Gasteiger partial charge >= 0.3 is 0 Å². The van der Waals surface area contributed by atoms with Crippen molar-refractivity contribution < 1.29 is 0 Å². The molecule has 0 atom stereocenters. The first kappa shape index (κ1) is 13.0. The number of nitrogens with one attached hydrogen (secondary N) is 1. The highest BCUT2D eigenvalue weighted by molar-refractivity contribution is 4.82. The summed E-state index contributed by atoms with van der Waals surface area (Å²) in [6.07, 6.45) is 8.23. The molecule has 1 rings (SSSR count). The van der Waals surface area contributed by atoms with Gasteiger partial charge in [-0.25, -0.2) is 0 Å². The summed E-state index contributed by atoms with van der Waals surface area (Å²) in [7, 11) is 0. The lowest BCUT2D eigenvalue weighted by molar-refractivity contribution is 0.236. The Morgan fingerprint density at radius 1 is 1.20 bits per heavy atom. The molecule has 1 aliphatic rings. The van der Waals surface area contributed by atoms with Gasteiger partial charge in [0, 0.05) is 6.04 Å². The number of rotatable bonds is 8. The molecule has 0 amide bonds. The molecule has 0 bridgehead atoms. The highest BCUT2D eigenvalue weighted by Gasteiger charge is 2.24. The van der Waals surface area contributed by atoms with Crippen molar-refractivity contribution in [3.63, 3.8) is 0 Å². The monoisotopic (exact) mass is 211 g/mol. The van der Waals surface area contributed by atoms with Gasteiger partial charge in [0.25, 0.3) is 0 Å². The van der Waals surface area contributed by atoms with Crippen molar-refractivity contribution in [3.05, 3.63) is 0 Å². The van der Waals surface area contributed by atoms with E-state index in [-0.39, 0.29) is 0 Å². The molecule has 15 heavy (non-hydrogen) atoms. The van der Waals surface area contributed by atoms with Gasteiger partial charge < -0.3 is 5.32 Å². The van der Waals surface area contributed by atoms with Gasteiger partial charge in [0.1, 0.15) is 0 Å². The Labute approximate surface area is 96.0 Å². The minimum Gasteiger partial charge on any atom is -0.314 e. The fraction of sp³-hybridized carbons (Fsp3) is 1.00.